The minimum atomic E-state index is -0.210. The lowest BCUT2D eigenvalue weighted by atomic mass is 10.2. The van der Waals surface area contributed by atoms with Crippen molar-refractivity contribution in [2.24, 2.45) is 0 Å². The van der Waals surface area contributed by atoms with Crippen LogP contribution < -0.4 is 11.1 Å². The summed E-state index contributed by atoms with van der Waals surface area (Å²) in [5, 5.41) is 11.2. The zero-order chi connectivity index (χ0) is 13.4. The number of carbonyl (C=O) groups excluding carboxylic acids is 1. The van der Waals surface area contributed by atoms with E-state index in [-0.39, 0.29) is 12.5 Å². The summed E-state index contributed by atoms with van der Waals surface area (Å²) in [6, 6.07) is 1.52. The molecular formula is C11H16BrN3O3. The molecule has 0 unspecified atom stereocenters. The molecule has 0 saturated heterocycles. The summed E-state index contributed by atoms with van der Waals surface area (Å²) in [5.74, 6) is 0.0905. The third-order valence-electron chi connectivity index (χ3n) is 2.11. The minimum Gasteiger partial charge on any atom is -0.394 e. The van der Waals surface area contributed by atoms with Crippen molar-refractivity contribution < 1.29 is 14.6 Å². The lowest BCUT2D eigenvalue weighted by molar-refractivity contribution is 0.0867. The van der Waals surface area contributed by atoms with Gasteiger partial charge >= 0.3 is 0 Å². The van der Waals surface area contributed by atoms with Crippen LogP contribution in [0.15, 0.2) is 16.7 Å². The second kappa shape index (κ2) is 8.02. The second-order valence-electron chi connectivity index (χ2n) is 3.53. The number of nitrogen functional groups attached to an aromatic ring is 1. The Bertz CT molecular complexity index is 401. The number of aliphatic hydroxyl groups is 1. The number of halogens is 1. The maximum Gasteiger partial charge on any atom is 0.252 e. The summed E-state index contributed by atoms with van der Waals surface area (Å²) in [4.78, 5) is 15.7. The summed E-state index contributed by atoms with van der Waals surface area (Å²) in [6.45, 7) is 1.33. The molecule has 0 bridgehead atoms. The molecule has 4 N–H and O–H groups in total. The van der Waals surface area contributed by atoms with Crippen LogP contribution in [0.1, 0.15) is 16.8 Å². The number of ether oxygens (including phenoxy) is 1. The molecule has 1 rings (SSSR count). The molecule has 0 saturated carbocycles. The molecule has 0 atom stereocenters. The van der Waals surface area contributed by atoms with Gasteiger partial charge in [-0.05, 0) is 28.4 Å². The van der Waals surface area contributed by atoms with E-state index in [1.165, 1.54) is 12.3 Å². The van der Waals surface area contributed by atoms with E-state index in [1.807, 2.05) is 0 Å². The first kappa shape index (κ1) is 14.9. The number of pyridine rings is 1. The number of anilines is 1. The fraction of sp³-hybridized carbons (Fsp3) is 0.455. The van der Waals surface area contributed by atoms with E-state index in [1.54, 1.807) is 0 Å². The Morgan fingerprint density at radius 2 is 2.33 bits per heavy atom. The number of hydrogen-bond donors (Lipinski definition) is 3. The predicted octanol–water partition coefficient (Wildman–Crippen LogP) is 0.555. The van der Waals surface area contributed by atoms with Gasteiger partial charge in [0.2, 0.25) is 0 Å². The summed E-state index contributed by atoms with van der Waals surface area (Å²) in [6.07, 6.45) is 2.18. The SMILES string of the molecule is Nc1cc(C(=O)NCCCOCCO)c(Br)cn1. The van der Waals surface area contributed by atoms with Crippen molar-refractivity contribution in [3.63, 3.8) is 0 Å². The van der Waals surface area contributed by atoms with Gasteiger partial charge < -0.3 is 20.9 Å². The number of nitrogens with two attached hydrogens (primary N) is 1. The Labute approximate surface area is 114 Å². The van der Waals surface area contributed by atoms with Crippen molar-refractivity contribution in [3.05, 3.63) is 22.3 Å². The maximum atomic E-state index is 11.8. The van der Waals surface area contributed by atoms with Gasteiger partial charge in [0.1, 0.15) is 5.82 Å². The molecule has 100 valence electrons. The molecule has 0 spiro atoms. The van der Waals surface area contributed by atoms with Crippen LogP contribution in [0.4, 0.5) is 5.82 Å². The van der Waals surface area contributed by atoms with Crippen LogP contribution in [0.2, 0.25) is 0 Å². The Morgan fingerprint density at radius 3 is 3.06 bits per heavy atom. The molecule has 0 aliphatic rings. The largest absolute Gasteiger partial charge is 0.394 e. The number of rotatable bonds is 7. The topological polar surface area (TPSA) is 97.5 Å². The zero-order valence-corrected chi connectivity index (χ0v) is 11.4. The number of nitrogens with zero attached hydrogens (tertiary/aromatic N) is 1. The smallest absolute Gasteiger partial charge is 0.252 e. The van der Waals surface area contributed by atoms with Gasteiger partial charge in [-0.15, -0.1) is 0 Å². The van der Waals surface area contributed by atoms with Crippen LogP contribution in [0, 0.1) is 0 Å². The van der Waals surface area contributed by atoms with Gasteiger partial charge in [0, 0.05) is 23.8 Å². The van der Waals surface area contributed by atoms with E-state index in [0.717, 1.165) is 0 Å². The normalized spacial score (nSPS) is 10.3. The van der Waals surface area contributed by atoms with Crippen LogP contribution in [-0.4, -0.2) is 42.4 Å². The molecule has 1 amide bonds. The zero-order valence-electron chi connectivity index (χ0n) is 9.86. The van der Waals surface area contributed by atoms with Crippen molar-refractivity contribution in [2.45, 2.75) is 6.42 Å². The first-order valence-electron chi connectivity index (χ1n) is 5.53. The molecule has 7 heteroatoms. The highest BCUT2D eigenvalue weighted by molar-refractivity contribution is 9.10. The molecule has 0 aliphatic carbocycles. The van der Waals surface area contributed by atoms with Crippen molar-refractivity contribution in [2.75, 3.05) is 32.1 Å². The Kier molecular flexibility index (Phi) is 6.63. The van der Waals surface area contributed by atoms with Gasteiger partial charge in [-0.2, -0.15) is 0 Å². The monoisotopic (exact) mass is 317 g/mol. The van der Waals surface area contributed by atoms with E-state index in [2.05, 4.69) is 26.2 Å². The predicted molar refractivity (Wildman–Crippen MR) is 71.2 cm³/mol. The number of hydrogen-bond acceptors (Lipinski definition) is 5. The number of amides is 1. The van der Waals surface area contributed by atoms with E-state index in [0.29, 0.717) is 42.0 Å². The third-order valence-corrected chi connectivity index (χ3v) is 2.74. The van der Waals surface area contributed by atoms with Gasteiger partial charge in [0.05, 0.1) is 18.8 Å². The van der Waals surface area contributed by atoms with Crippen LogP contribution in [0.25, 0.3) is 0 Å². The van der Waals surface area contributed by atoms with Gasteiger partial charge in [-0.3, -0.25) is 4.79 Å². The summed E-state index contributed by atoms with van der Waals surface area (Å²) in [5.41, 5.74) is 5.98. The fourth-order valence-corrected chi connectivity index (χ4v) is 1.66. The molecule has 0 aromatic carbocycles. The highest BCUT2D eigenvalue weighted by atomic mass is 79.9. The first-order valence-corrected chi connectivity index (χ1v) is 6.32. The first-order chi connectivity index (χ1) is 8.65. The molecule has 1 aromatic rings. The summed E-state index contributed by atoms with van der Waals surface area (Å²) < 4.78 is 5.68. The number of aliphatic hydroxyl groups excluding tert-OH is 1. The molecule has 0 fully saturated rings. The van der Waals surface area contributed by atoms with Crippen molar-refractivity contribution in [3.8, 4) is 0 Å². The average molecular weight is 318 g/mol. The molecule has 18 heavy (non-hydrogen) atoms. The molecule has 0 radical (unpaired) electrons. The Hall–Kier alpha value is -1.18. The van der Waals surface area contributed by atoms with E-state index in [4.69, 9.17) is 15.6 Å². The highest BCUT2D eigenvalue weighted by Crippen LogP contribution is 2.16. The molecular weight excluding hydrogens is 302 g/mol. The van der Waals surface area contributed by atoms with Crippen molar-refractivity contribution >= 4 is 27.7 Å². The summed E-state index contributed by atoms with van der Waals surface area (Å²) >= 11 is 3.24. The number of nitrogens with one attached hydrogen (secondary N) is 1. The Morgan fingerprint density at radius 1 is 1.56 bits per heavy atom. The summed E-state index contributed by atoms with van der Waals surface area (Å²) in [7, 11) is 0. The van der Waals surface area contributed by atoms with E-state index < -0.39 is 0 Å². The van der Waals surface area contributed by atoms with E-state index >= 15 is 0 Å². The number of aromatic nitrogens is 1. The van der Waals surface area contributed by atoms with Crippen LogP contribution >= 0.6 is 15.9 Å². The van der Waals surface area contributed by atoms with Gasteiger partial charge in [-0.1, -0.05) is 0 Å². The lowest BCUT2D eigenvalue weighted by Gasteiger charge is -2.07. The van der Waals surface area contributed by atoms with E-state index in [9.17, 15) is 4.79 Å². The minimum absolute atomic E-state index is 0.00952. The van der Waals surface area contributed by atoms with Crippen LogP contribution in [0.3, 0.4) is 0 Å². The van der Waals surface area contributed by atoms with Crippen LogP contribution in [0.5, 0.6) is 0 Å². The fourth-order valence-electron chi connectivity index (χ4n) is 1.27. The lowest BCUT2D eigenvalue weighted by Crippen LogP contribution is -2.26. The average Bonchev–Trinajstić information content (AvgIpc) is 2.36. The standard InChI is InChI=1S/C11H16BrN3O3/c12-9-7-15-10(13)6-8(9)11(17)14-2-1-4-18-5-3-16/h6-7,16H,1-5H2,(H2,13,15)(H,14,17). The molecule has 1 heterocycles. The maximum absolute atomic E-state index is 11.8. The molecule has 0 aliphatic heterocycles. The highest BCUT2D eigenvalue weighted by Gasteiger charge is 2.10. The van der Waals surface area contributed by atoms with Gasteiger partial charge in [0.15, 0.2) is 0 Å². The Balaban J connectivity index is 2.34. The molecule has 1 aromatic heterocycles. The van der Waals surface area contributed by atoms with Crippen molar-refractivity contribution in [1.29, 1.82) is 0 Å². The third kappa shape index (κ3) is 4.99. The quantitative estimate of drug-likeness (QED) is 0.638. The van der Waals surface area contributed by atoms with Gasteiger partial charge in [0.25, 0.3) is 5.91 Å². The van der Waals surface area contributed by atoms with Gasteiger partial charge in [-0.25, -0.2) is 4.98 Å². The molecule has 6 nitrogen and oxygen atoms in total. The second-order valence-corrected chi connectivity index (χ2v) is 4.39. The van der Waals surface area contributed by atoms with Crippen molar-refractivity contribution in [1.82, 2.24) is 10.3 Å². The number of carbonyl (C=O) groups is 1. The van der Waals surface area contributed by atoms with Crippen LogP contribution in [-0.2, 0) is 4.74 Å².